The summed E-state index contributed by atoms with van der Waals surface area (Å²) >= 11 is 0. The fourth-order valence-corrected chi connectivity index (χ4v) is 5.39. The molecule has 1 aromatic rings. The molecule has 1 aromatic carbocycles. The minimum atomic E-state index is -3.59. The normalized spacial score (nSPS) is 16.2. The lowest BCUT2D eigenvalue weighted by atomic mass is 10.0. The monoisotopic (exact) mass is 397 g/mol. The Bertz CT molecular complexity index is 817. The van der Waals surface area contributed by atoms with Crippen LogP contribution in [-0.2, 0) is 14.8 Å². The summed E-state index contributed by atoms with van der Waals surface area (Å²) in [5.41, 5.74) is 3.51. The highest BCUT2D eigenvalue weighted by Crippen LogP contribution is 2.28. The predicted octanol–water partition coefficient (Wildman–Crippen LogP) is -0.735. The first kappa shape index (κ1) is 21.3. The molecule has 0 bridgehead atoms. The summed E-state index contributed by atoms with van der Waals surface area (Å²) in [5.74, 6) is -0.373. The summed E-state index contributed by atoms with van der Waals surface area (Å²) in [7, 11) is -2.15. The van der Waals surface area contributed by atoms with Crippen molar-refractivity contribution in [3.8, 4) is 0 Å². The van der Waals surface area contributed by atoms with Gasteiger partial charge in [-0.2, -0.15) is 4.31 Å². The van der Waals surface area contributed by atoms with Gasteiger partial charge in [-0.15, -0.1) is 0 Å². The first-order valence-corrected chi connectivity index (χ1v) is 10.4. The quantitative estimate of drug-likeness (QED) is 0.623. The number of benzene rings is 1. The number of piperazine rings is 1. The second kappa shape index (κ2) is 8.37. The maximum atomic E-state index is 13.2. The number of nitrogens with one attached hydrogen (secondary N) is 3. The highest BCUT2D eigenvalue weighted by atomic mass is 32.2. The number of sulfonamides is 1. The summed E-state index contributed by atoms with van der Waals surface area (Å²) in [6.07, 6.45) is 0. The molecule has 0 spiro atoms. The van der Waals surface area contributed by atoms with Crippen LogP contribution in [0.5, 0.6) is 0 Å². The van der Waals surface area contributed by atoms with Gasteiger partial charge in [-0.1, -0.05) is 6.07 Å². The van der Waals surface area contributed by atoms with Gasteiger partial charge in [0.1, 0.15) is 0 Å². The zero-order chi connectivity index (χ0) is 20.4. The Hall–Kier alpha value is -1.97. The zero-order valence-corrected chi connectivity index (χ0v) is 17.4. The standard InChI is InChI=1S/C18H28N4O4S/c1-12-10-13(2)15(4)17(14(12)3)27(25,26)22-8-6-21(7-9-22)11-16(23)20-18(24)19-5/h10H,6-9,11H2,1-5H3,(H2,19,20,23,24)/p+1. The van der Waals surface area contributed by atoms with Crippen molar-refractivity contribution in [2.75, 3.05) is 39.8 Å². The van der Waals surface area contributed by atoms with Gasteiger partial charge in [-0.25, -0.2) is 13.2 Å². The lowest BCUT2D eigenvalue weighted by Crippen LogP contribution is -3.15. The Morgan fingerprint density at radius 2 is 1.59 bits per heavy atom. The van der Waals surface area contributed by atoms with E-state index in [9.17, 15) is 18.0 Å². The van der Waals surface area contributed by atoms with E-state index in [-0.39, 0.29) is 12.5 Å². The second-order valence-corrected chi connectivity index (χ2v) is 8.92. The van der Waals surface area contributed by atoms with Crippen molar-refractivity contribution < 1.29 is 22.9 Å². The molecule has 0 atom stereocenters. The van der Waals surface area contributed by atoms with Gasteiger partial charge in [0.05, 0.1) is 31.1 Å². The van der Waals surface area contributed by atoms with Gasteiger partial charge in [0, 0.05) is 7.05 Å². The van der Waals surface area contributed by atoms with Crippen molar-refractivity contribution in [2.45, 2.75) is 32.6 Å². The van der Waals surface area contributed by atoms with Gasteiger partial charge < -0.3 is 10.2 Å². The SMILES string of the molecule is CNC(=O)NC(=O)C[NH+]1CCN(S(=O)(=O)c2c(C)c(C)cc(C)c2C)CC1. The molecule has 3 amide bonds. The summed E-state index contributed by atoms with van der Waals surface area (Å²) in [6, 6.07) is 1.47. The lowest BCUT2D eigenvalue weighted by molar-refractivity contribution is -0.895. The first-order valence-electron chi connectivity index (χ1n) is 9.00. The molecular weight excluding hydrogens is 368 g/mol. The van der Waals surface area contributed by atoms with Crippen LogP contribution in [-0.4, -0.2) is 64.4 Å². The molecule has 0 aromatic heterocycles. The van der Waals surface area contributed by atoms with Gasteiger partial charge >= 0.3 is 6.03 Å². The first-order chi connectivity index (χ1) is 12.6. The van der Waals surface area contributed by atoms with Gasteiger partial charge in [-0.3, -0.25) is 10.1 Å². The molecule has 1 aliphatic heterocycles. The predicted molar refractivity (Wildman–Crippen MR) is 102 cm³/mol. The molecule has 8 nitrogen and oxygen atoms in total. The number of aryl methyl sites for hydroxylation is 2. The largest absolute Gasteiger partial charge is 0.341 e. The van der Waals surface area contributed by atoms with Gasteiger partial charge in [0.2, 0.25) is 10.0 Å². The summed E-state index contributed by atoms with van der Waals surface area (Å²) < 4.78 is 28.0. The van der Waals surface area contributed by atoms with E-state index in [2.05, 4.69) is 10.6 Å². The highest BCUT2D eigenvalue weighted by Gasteiger charge is 2.33. The molecule has 150 valence electrons. The second-order valence-electron chi connectivity index (χ2n) is 7.05. The minimum absolute atomic E-state index is 0.142. The number of nitrogens with zero attached hydrogens (tertiary/aromatic N) is 1. The van der Waals surface area contributed by atoms with Crippen LogP contribution in [0.25, 0.3) is 0 Å². The van der Waals surface area contributed by atoms with Crippen molar-refractivity contribution in [1.82, 2.24) is 14.9 Å². The average molecular weight is 398 g/mol. The molecule has 2 rings (SSSR count). The van der Waals surface area contributed by atoms with Crippen molar-refractivity contribution >= 4 is 22.0 Å². The highest BCUT2D eigenvalue weighted by molar-refractivity contribution is 7.89. The third-order valence-corrected chi connectivity index (χ3v) is 7.39. The van der Waals surface area contributed by atoms with Crippen LogP contribution in [0.15, 0.2) is 11.0 Å². The van der Waals surface area contributed by atoms with E-state index < -0.39 is 16.1 Å². The Morgan fingerprint density at radius 1 is 1.07 bits per heavy atom. The van der Waals surface area contributed by atoms with E-state index in [0.717, 1.165) is 27.2 Å². The van der Waals surface area contributed by atoms with Crippen LogP contribution in [0.2, 0.25) is 0 Å². The van der Waals surface area contributed by atoms with E-state index in [0.29, 0.717) is 31.1 Å². The average Bonchev–Trinajstić information content (AvgIpc) is 2.60. The molecule has 0 radical (unpaired) electrons. The van der Waals surface area contributed by atoms with E-state index in [1.54, 1.807) is 0 Å². The van der Waals surface area contributed by atoms with Crippen LogP contribution < -0.4 is 15.5 Å². The minimum Gasteiger partial charge on any atom is -0.341 e. The van der Waals surface area contributed by atoms with E-state index in [1.807, 2.05) is 33.8 Å². The lowest BCUT2D eigenvalue weighted by Gasteiger charge is -2.32. The Balaban J connectivity index is 2.10. The van der Waals surface area contributed by atoms with Crippen LogP contribution >= 0.6 is 0 Å². The van der Waals surface area contributed by atoms with Gasteiger partial charge in [0.15, 0.2) is 6.54 Å². The molecule has 0 saturated carbocycles. The maximum absolute atomic E-state index is 13.2. The third kappa shape index (κ3) is 4.66. The molecule has 1 aliphatic rings. The molecule has 0 aliphatic carbocycles. The van der Waals surface area contributed by atoms with Crippen LogP contribution in [0.1, 0.15) is 22.3 Å². The smallest absolute Gasteiger partial charge is 0.321 e. The molecule has 9 heteroatoms. The number of imide groups is 1. The van der Waals surface area contributed by atoms with E-state index in [4.69, 9.17) is 0 Å². The van der Waals surface area contributed by atoms with Crippen LogP contribution in [0.4, 0.5) is 4.79 Å². The van der Waals surface area contributed by atoms with Gasteiger partial charge in [-0.05, 0) is 49.9 Å². The third-order valence-electron chi connectivity index (χ3n) is 5.22. The number of hydrogen-bond acceptors (Lipinski definition) is 4. The zero-order valence-electron chi connectivity index (χ0n) is 16.6. The van der Waals surface area contributed by atoms with Crippen molar-refractivity contribution in [1.29, 1.82) is 0 Å². The number of amides is 3. The number of hydrogen-bond donors (Lipinski definition) is 3. The number of rotatable bonds is 4. The Labute approximate surface area is 161 Å². The van der Waals surface area contributed by atoms with E-state index >= 15 is 0 Å². The van der Waals surface area contributed by atoms with Crippen molar-refractivity contribution in [3.05, 3.63) is 28.3 Å². The molecular formula is C18H29N4O4S+. The maximum Gasteiger partial charge on any atom is 0.321 e. The fraction of sp³-hybridized carbons (Fsp3) is 0.556. The van der Waals surface area contributed by atoms with E-state index in [1.165, 1.54) is 11.4 Å². The van der Waals surface area contributed by atoms with Crippen molar-refractivity contribution in [2.24, 2.45) is 0 Å². The fourth-order valence-electron chi connectivity index (χ4n) is 3.38. The molecule has 1 fully saturated rings. The summed E-state index contributed by atoms with van der Waals surface area (Å²) in [5, 5.41) is 4.56. The van der Waals surface area contributed by atoms with Crippen LogP contribution in [0, 0.1) is 27.7 Å². The van der Waals surface area contributed by atoms with Gasteiger partial charge in [0.25, 0.3) is 5.91 Å². The van der Waals surface area contributed by atoms with Crippen LogP contribution in [0.3, 0.4) is 0 Å². The Kier molecular flexibility index (Phi) is 6.61. The molecule has 3 N–H and O–H groups in total. The van der Waals surface area contributed by atoms with Crippen molar-refractivity contribution in [3.63, 3.8) is 0 Å². The topological polar surface area (TPSA) is 100 Å². The molecule has 27 heavy (non-hydrogen) atoms. The number of urea groups is 1. The number of quaternary nitrogens is 1. The molecule has 1 heterocycles. The number of carbonyl (C=O) groups excluding carboxylic acids is 2. The summed E-state index contributed by atoms with van der Waals surface area (Å²) in [4.78, 5) is 24.4. The molecule has 1 saturated heterocycles. The molecule has 0 unspecified atom stereocenters. The number of carbonyl (C=O) groups is 2. The Morgan fingerprint density at radius 3 is 2.07 bits per heavy atom. The summed E-state index contributed by atoms with van der Waals surface area (Å²) in [6.45, 7) is 9.41.